The zero-order chi connectivity index (χ0) is 13.9. The van der Waals surface area contributed by atoms with Crippen LogP contribution in [0.1, 0.15) is 5.82 Å². The van der Waals surface area contributed by atoms with Crippen LogP contribution in [0, 0.1) is 17.0 Å². The topological polar surface area (TPSA) is 125 Å². The highest BCUT2D eigenvalue weighted by molar-refractivity contribution is 7.85. The molecule has 0 aliphatic rings. The van der Waals surface area contributed by atoms with E-state index in [-0.39, 0.29) is 12.4 Å². The van der Waals surface area contributed by atoms with Crippen molar-refractivity contribution in [2.45, 2.75) is 19.6 Å². The predicted octanol–water partition coefficient (Wildman–Crippen LogP) is -0.563. The number of nitrogens with zero attached hydrogens (tertiary/aromatic N) is 3. The smallest absolute Gasteiger partial charge is 0.342 e. The van der Waals surface area contributed by atoms with Crippen LogP contribution in [-0.4, -0.2) is 47.0 Å². The van der Waals surface area contributed by atoms with Gasteiger partial charge in [0.1, 0.15) is 18.8 Å². The van der Waals surface area contributed by atoms with Crippen molar-refractivity contribution in [3.63, 3.8) is 0 Å². The summed E-state index contributed by atoms with van der Waals surface area (Å²) in [4.78, 5) is 13.8. The van der Waals surface area contributed by atoms with Crippen LogP contribution < -0.4 is 0 Å². The Morgan fingerprint density at radius 3 is 2.78 bits per heavy atom. The fourth-order valence-electron chi connectivity index (χ4n) is 1.29. The van der Waals surface area contributed by atoms with Gasteiger partial charge in [0.2, 0.25) is 0 Å². The molecule has 1 aromatic heterocycles. The standard InChI is InChI=1S/C8H13N3O6S/c1-6-9-3-8(11(13)14)10(6)4-7(12)5-17-18(2,15)16/h3,7,12H,4-5H2,1-2H3. The van der Waals surface area contributed by atoms with E-state index in [0.29, 0.717) is 5.82 Å². The van der Waals surface area contributed by atoms with Crippen LogP contribution in [0.3, 0.4) is 0 Å². The number of hydrogen-bond donors (Lipinski definition) is 1. The maximum absolute atomic E-state index is 10.7. The van der Waals surface area contributed by atoms with Gasteiger partial charge in [-0.1, -0.05) is 0 Å². The number of aliphatic hydroxyl groups excluding tert-OH is 1. The number of rotatable bonds is 6. The van der Waals surface area contributed by atoms with Crippen molar-refractivity contribution in [1.29, 1.82) is 0 Å². The van der Waals surface area contributed by atoms with Crippen molar-refractivity contribution in [1.82, 2.24) is 9.55 Å². The Hall–Kier alpha value is -1.52. The Bertz CT molecular complexity index is 537. The molecule has 0 radical (unpaired) electrons. The lowest BCUT2D eigenvalue weighted by Gasteiger charge is -2.09. The second-order valence-corrected chi connectivity index (χ2v) is 5.32. The predicted molar refractivity (Wildman–Crippen MR) is 60.4 cm³/mol. The van der Waals surface area contributed by atoms with Gasteiger partial charge in [0.05, 0.1) is 12.9 Å². The molecule has 0 aliphatic carbocycles. The van der Waals surface area contributed by atoms with Crippen LogP contribution in [0.2, 0.25) is 0 Å². The third kappa shape index (κ3) is 4.05. The van der Waals surface area contributed by atoms with Gasteiger partial charge in [0.25, 0.3) is 10.1 Å². The summed E-state index contributed by atoms with van der Waals surface area (Å²) in [6.45, 7) is 0.905. The summed E-state index contributed by atoms with van der Waals surface area (Å²) in [6.07, 6.45) is 0.732. The Balaban J connectivity index is 2.73. The van der Waals surface area contributed by atoms with E-state index < -0.39 is 27.8 Å². The molecule has 0 saturated heterocycles. The summed E-state index contributed by atoms with van der Waals surface area (Å²) >= 11 is 0. The number of imidazole rings is 1. The SMILES string of the molecule is Cc1ncc([N+](=O)[O-])n1CC(O)COS(C)(=O)=O. The van der Waals surface area contributed by atoms with Crippen LogP contribution in [-0.2, 0) is 20.8 Å². The Kier molecular flexibility index (Phi) is 4.38. The molecule has 102 valence electrons. The van der Waals surface area contributed by atoms with E-state index in [1.165, 1.54) is 11.5 Å². The zero-order valence-electron chi connectivity index (χ0n) is 9.81. The second-order valence-electron chi connectivity index (χ2n) is 3.67. The third-order valence-corrected chi connectivity index (χ3v) is 2.65. The first-order chi connectivity index (χ1) is 8.20. The molecule has 0 saturated carbocycles. The number of aromatic nitrogens is 2. The number of nitro groups is 1. The first-order valence-electron chi connectivity index (χ1n) is 4.89. The molecule has 1 unspecified atom stereocenters. The lowest BCUT2D eigenvalue weighted by molar-refractivity contribution is -0.392. The third-order valence-electron chi connectivity index (χ3n) is 2.09. The summed E-state index contributed by atoms with van der Waals surface area (Å²) in [5.41, 5.74) is 0. The highest BCUT2D eigenvalue weighted by Gasteiger charge is 2.21. The molecule has 1 N–H and O–H groups in total. The van der Waals surface area contributed by atoms with Crippen molar-refractivity contribution in [2.75, 3.05) is 12.9 Å². The van der Waals surface area contributed by atoms with Crippen molar-refractivity contribution in [2.24, 2.45) is 0 Å². The lowest BCUT2D eigenvalue weighted by Crippen LogP contribution is -2.24. The van der Waals surface area contributed by atoms with Crippen LogP contribution in [0.4, 0.5) is 5.82 Å². The molecule has 18 heavy (non-hydrogen) atoms. The molecule has 1 aromatic rings. The second kappa shape index (κ2) is 5.42. The zero-order valence-corrected chi connectivity index (χ0v) is 10.6. The highest BCUT2D eigenvalue weighted by atomic mass is 32.2. The fraction of sp³-hybridized carbons (Fsp3) is 0.625. The van der Waals surface area contributed by atoms with E-state index in [1.807, 2.05) is 0 Å². The minimum atomic E-state index is -3.65. The number of hydrogen-bond acceptors (Lipinski definition) is 7. The maximum atomic E-state index is 10.7. The van der Waals surface area contributed by atoms with Gasteiger partial charge >= 0.3 is 5.82 Å². The van der Waals surface area contributed by atoms with E-state index in [2.05, 4.69) is 9.17 Å². The van der Waals surface area contributed by atoms with E-state index in [4.69, 9.17) is 0 Å². The van der Waals surface area contributed by atoms with Crippen molar-refractivity contribution >= 4 is 15.9 Å². The van der Waals surface area contributed by atoms with Gasteiger partial charge < -0.3 is 15.2 Å². The van der Waals surface area contributed by atoms with E-state index in [0.717, 1.165) is 12.5 Å². The molecule has 1 rings (SSSR count). The van der Waals surface area contributed by atoms with Crippen LogP contribution in [0.15, 0.2) is 6.20 Å². The summed E-state index contributed by atoms with van der Waals surface area (Å²) in [5, 5.41) is 20.2. The van der Waals surface area contributed by atoms with Crippen LogP contribution in [0.25, 0.3) is 0 Å². The van der Waals surface area contributed by atoms with Crippen molar-refractivity contribution in [3.8, 4) is 0 Å². The summed E-state index contributed by atoms with van der Waals surface area (Å²) in [6, 6.07) is 0. The maximum Gasteiger partial charge on any atom is 0.342 e. The minimum Gasteiger partial charge on any atom is -0.387 e. The largest absolute Gasteiger partial charge is 0.387 e. The first kappa shape index (κ1) is 14.5. The average Bonchev–Trinajstić information content (AvgIpc) is 2.57. The van der Waals surface area contributed by atoms with Gasteiger partial charge in [-0.3, -0.25) is 4.18 Å². The molecule has 1 atom stereocenters. The first-order valence-corrected chi connectivity index (χ1v) is 6.71. The van der Waals surface area contributed by atoms with Crippen molar-refractivity contribution in [3.05, 3.63) is 22.1 Å². The number of aryl methyl sites for hydroxylation is 1. The highest BCUT2D eigenvalue weighted by Crippen LogP contribution is 2.14. The van der Waals surface area contributed by atoms with E-state index in [9.17, 15) is 23.6 Å². The minimum absolute atomic E-state index is 0.169. The fourth-order valence-corrected chi connectivity index (χ4v) is 1.70. The van der Waals surface area contributed by atoms with Gasteiger partial charge in [-0.2, -0.15) is 8.42 Å². The van der Waals surface area contributed by atoms with Gasteiger partial charge in [-0.15, -0.1) is 0 Å². The molecular formula is C8H13N3O6S. The quantitative estimate of drug-likeness (QED) is 0.420. The van der Waals surface area contributed by atoms with Gasteiger partial charge in [-0.05, 0) is 4.92 Å². The van der Waals surface area contributed by atoms with E-state index >= 15 is 0 Å². The molecule has 0 aliphatic heterocycles. The molecule has 9 nitrogen and oxygen atoms in total. The summed E-state index contributed by atoms with van der Waals surface area (Å²) in [5.74, 6) is 0.0750. The Morgan fingerprint density at radius 1 is 1.67 bits per heavy atom. The molecule has 0 fully saturated rings. The summed E-state index contributed by atoms with van der Waals surface area (Å²) < 4.78 is 27.0. The number of aliphatic hydroxyl groups is 1. The van der Waals surface area contributed by atoms with Gasteiger partial charge in [-0.25, -0.2) is 9.55 Å². The molecule has 0 bridgehead atoms. The molecular weight excluding hydrogens is 266 g/mol. The average molecular weight is 279 g/mol. The summed E-state index contributed by atoms with van der Waals surface area (Å²) in [7, 11) is -3.65. The lowest BCUT2D eigenvalue weighted by atomic mass is 10.3. The van der Waals surface area contributed by atoms with Crippen LogP contribution >= 0.6 is 0 Å². The molecule has 0 amide bonds. The Morgan fingerprint density at radius 2 is 2.28 bits per heavy atom. The van der Waals surface area contributed by atoms with Crippen LogP contribution in [0.5, 0.6) is 0 Å². The molecule has 0 spiro atoms. The molecule has 0 aromatic carbocycles. The van der Waals surface area contributed by atoms with E-state index in [1.54, 1.807) is 0 Å². The monoisotopic (exact) mass is 279 g/mol. The van der Waals surface area contributed by atoms with Crippen molar-refractivity contribution < 1.29 is 22.6 Å². The Labute approximate surface area is 103 Å². The molecule has 10 heteroatoms. The van der Waals surface area contributed by atoms with Gasteiger partial charge in [0, 0.05) is 6.92 Å². The normalized spacial score (nSPS) is 13.5. The molecule has 1 heterocycles. The van der Waals surface area contributed by atoms with Gasteiger partial charge in [0.15, 0.2) is 5.82 Å².